The molecule has 556 valence electrons. The number of halogens is 56. The predicted molar refractivity (Wildman–Crippen MR) is 174 cm³/mol. The zero-order valence-corrected chi connectivity index (χ0v) is 41.5. The van der Waals surface area contributed by atoms with Crippen molar-refractivity contribution in [3.8, 4) is 0 Å². The van der Waals surface area contributed by atoms with E-state index in [9.17, 15) is 237 Å². The van der Waals surface area contributed by atoms with Crippen molar-refractivity contribution in [1.29, 1.82) is 0 Å². The number of rotatable bonds is 3. The molecule has 57 heteroatoms. The van der Waals surface area contributed by atoms with Crippen LogP contribution in [0.4, 0.5) is 246 Å². The molecule has 0 spiro atoms. The molecule has 1 aliphatic heterocycles. The average molecular weight is 1530 g/mol. The van der Waals surface area contributed by atoms with E-state index in [2.05, 4.69) is 4.74 Å². The monoisotopic (exact) mass is 1530 g/mol. The van der Waals surface area contributed by atoms with E-state index in [1.165, 1.54) is 0 Å². The average Bonchev–Trinajstić information content (AvgIpc) is 0.672. The van der Waals surface area contributed by atoms with Crippen molar-refractivity contribution >= 4 is 0 Å². The first-order valence-electron chi connectivity index (χ1n) is 22.0. The van der Waals surface area contributed by atoms with Gasteiger partial charge in [-0.15, -0.1) is 0 Å². The Bertz CT molecular complexity index is 2770. The van der Waals surface area contributed by atoms with Gasteiger partial charge in [0.1, 0.15) is 0 Å². The summed E-state index contributed by atoms with van der Waals surface area (Å²) in [6.07, 6.45) is -8.62. The van der Waals surface area contributed by atoms with E-state index in [0.29, 0.717) is 0 Å². The van der Waals surface area contributed by atoms with Crippen LogP contribution in [0.25, 0.3) is 0 Å². The van der Waals surface area contributed by atoms with Crippen LogP contribution in [-0.4, -0.2) is 193 Å². The number of hydrogen-bond donors (Lipinski definition) is 0. The van der Waals surface area contributed by atoms with Crippen LogP contribution < -0.4 is 0 Å². The van der Waals surface area contributed by atoms with Gasteiger partial charge in [-0.25, -0.2) is 52.7 Å². The van der Waals surface area contributed by atoms with Crippen LogP contribution in [0.15, 0.2) is 0 Å². The maximum Gasteiger partial charge on any atom is 0.398 e. The topological polar surface area (TPSA) is 9.23 Å². The summed E-state index contributed by atoms with van der Waals surface area (Å²) in [5.41, 5.74) is -81.3. The van der Waals surface area contributed by atoms with Crippen molar-refractivity contribution in [2.75, 3.05) is 0 Å². The Hall–Kier alpha value is -3.96. The molecule has 0 bridgehead atoms. The van der Waals surface area contributed by atoms with E-state index < -0.39 is 206 Å². The number of ether oxygens (including phenoxy) is 1. The van der Waals surface area contributed by atoms with Gasteiger partial charge in [0.25, 0.3) is 62.8 Å². The second-order valence-corrected chi connectivity index (χ2v) is 21.1. The molecule has 6 saturated carbocycles. The number of alkyl halides is 56. The standard InChI is InChI=1S/2C14F24.C9H10F8O/c15-1-2(16,8(25,26)12(33,34)11(31,32)7(1,23)24)6(21,22)4(18)3(17,5(1,19)20)9(27,28)13(35,36)14(37,38)10(4,29)30;15-1-2(16)4(18,10(29,30)14(37,38)12(33,34)6(2,21)22)8(25,26)7(23,24)3(1,17)9(27,28)13(35,36)11(31,32)5(1,19)20;1-3-6(11,12)4-7(13)8(14,15)5(2,10)9(16,17)18-7/h;;3-4H2,1-2H3. The van der Waals surface area contributed by atoms with Gasteiger partial charge >= 0.3 is 130 Å². The highest BCUT2D eigenvalue weighted by Crippen LogP contribution is 2.90. The lowest BCUT2D eigenvalue weighted by Gasteiger charge is -2.70. The van der Waals surface area contributed by atoms with Crippen LogP contribution in [0.3, 0.4) is 0 Å². The molecule has 1 saturated heterocycles. The molecule has 94 heavy (non-hydrogen) atoms. The highest BCUT2D eigenvalue weighted by Gasteiger charge is 3.24. The van der Waals surface area contributed by atoms with Crippen molar-refractivity contribution in [2.45, 2.75) is 220 Å². The molecule has 7 fully saturated rings. The summed E-state index contributed by atoms with van der Waals surface area (Å²) in [7, 11) is 0. The lowest BCUT2D eigenvalue weighted by atomic mass is 9.43. The van der Waals surface area contributed by atoms with Crippen molar-refractivity contribution in [1.82, 2.24) is 0 Å². The molecule has 0 N–H and O–H groups in total. The molecule has 6 aliphatic carbocycles. The highest BCUT2D eigenvalue weighted by molar-refractivity contribution is 5.53. The van der Waals surface area contributed by atoms with Gasteiger partial charge in [-0.05, 0) is 6.92 Å². The second kappa shape index (κ2) is 17.8. The van der Waals surface area contributed by atoms with Gasteiger partial charge < -0.3 is 0 Å². The Labute approximate surface area is 471 Å². The van der Waals surface area contributed by atoms with Gasteiger partial charge in [-0.1, -0.05) is 6.92 Å². The fourth-order valence-corrected chi connectivity index (χ4v) is 10.8. The summed E-state index contributed by atoms with van der Waals surface area (Å²) >= 11 is 0. The van der Waals surface area contributed by atoms with Crippen LogP contribution in [0.5, 0.6) is 0 Å². The highest BCUT2D eigenvalue weighted by atomic mass is 19.4. The summed E-state index contributed by atoms with van der Waals surface area (Å²) in [6, 6.07) is 0. The molecule has 0 aromatic heterocycles. The van der Waals surface area contributed by atoms with E-state index in [1.54, 1.807) is 0 Å². The van der Waals surface area contributed by atoms with Gasteiger partial charge in [0.2, 0.25) is 0 Å². The van der Waals surface area contributed by atoms with Crippen LogP contribution in [0, 0.1) is 0 Å². The van der Waals surface area contributed by atoms with Crippen LogP contribution in [0.2, 0.25) is 0 Å². The van der Waals surface area contributed by atoms with Gasteiger partial charge in [0.05, 0.1) is 6.42 Å². The summed E-state index contributed by atoms with van der Waals surface area (Å²) in [5.74, 6) is -196. The first kappa shape index (κ1) is 80.7. The van der Waals surface area contributed by atoms with Crippen molar-refractivity contribution < 1.29 is 251 Å². The molecular weight excluding hydrogens is 1520 g/mol. The summed E-state index contributed by atoms with van der Waals surface area (Å²) < 4.78 is 785. The fraction of sp³-hybridized carbons (Fsp3) is 1.00. The summed E-state index contributed by atoms with van der Waals surface area (Å²) in [5, 5.41) is 0. The SMILES string of the molecule is CCC(F)(F)CC1(F)OC(F)(F)C(C)(F)C1(F)F.FC1(F)C(F)(F)C(F)(F)C2(F)C(F)(C1(F)F)C(F)(F)C(F)(F)C1(F)C(F)(F)C(F)(F)C(F)(F)C(F)(F)C12F.FC1(F)C(F)(F)C(F)(F)C2(F)C(F)(F)C3(F)C(F)(F)C(F)(F)C(F)(F)C(F)(F)C3(F)C(F)(F)C2(F)C1(F)F. The maximum absolute atomic E-state index is 15.3. The van der Waals surface area contributed by atoms with E-state index in [0.717, 1.165) is 6.92 Å². The predicted octanol–water partition coefficient (Wildman–Crippen LogP) is 18.5. The lowest BCUT2D eigenvalue weighted by molar-refractivity contribution is -0.587. The molecule has 0 amide bonds. The molecule has 0 aromatic carbocycles. The Morgan fingerprint density at radius 2 is 0.340 bits per heavy atom. The summed E-state index contributed by atoms with van der Waals surface area (Å²) in [6.45, 7) is 0.543. The van der Waals surface area contributed by atoms with E-state index >= 15 is 8.78 Å². The van der Waals surface area contributed by atoms with Crippen LogP contribution >= 0.6 is 0 Å². The lowest BCUT2D eigenvalue weighted by Crippen LogP contribution is -3.06. The van der Waals surface area contributed by atoms with E-state index in [4.69, 9.17) is 0 Å². The van der Waals surface area contributed by atoms with Gasteiger partial charge in [-0.2, -0.15) is 193 Å². The minimum atomic E-state index is -9.77. The third-order valence-corrected chi connectivity index (χ3v) is 16.5. The molecule has 7 rings (SSSR count). The number of hydrogen-bond acceptors (Lipinski definition) is 1. The van der Waals surface area contributed by atoms with Gasteiger partial charge in [0.15, 0.2) is 0 Å². The Balaban J connectivity index is 0.000000272. The Morgan fingerprint density at radius 3 is 0.479 bits per heavy atom. The minimum absolute atomic E-state index is 0.293. The molecular formula is C37H10F56O. The van der Waals surface area contributed by atoms with Crippen molar-refractivity contribution in [2.24, 2.45) is 0 Å². The number of fused-ring (bicyclic) bond motifs is 5. The minimum Gasteiger partial charge on any atom is -0.274 e. The maximum atomic E-state index is 15.3. The van der Waals surface area contributed by atoms with Crippen LogP contribution in [0.1, 0.15) is 26.7 Å². The summed E-state index contributed by atoms with van der Waals surface area (Å²) in [4.78, 5) is 0. The second-order valence-electron chi connectivity index (χ2n) is 21.1. The van der Waals surface area contributed by atoms with Gasteiger partial charge in [0, 0.05) is 6.42 Å². The molecule has 0 radical (unpaired) electrons. The zero-order valence-electron chi connectivity index (χ0n) is 41.5. The molecule has 7 aliphatic rings. The molecule has 1 heterocycles. The zero-order chi connectivity index (χ0) is 76.6. The van der Waals surface area contributed by atoms with Crippen molar-refractivity contribution in [3.05, 3.63) is 0 Å². The first-order chi connectivity index (χ1) is 39.7. The Kier molecular flexibility index (Phi) is 15.3. The third-order valence-electron chi connectivity index (χ3n) is 16.5. The third kappa shape index (κ3) is 6.27. The fourth-order valence-electron chi connectivity index (χ4n) is 10.8. The molecule has 1 nitrogen and oxygen atoms in total. The first-order valence-corrected chi connectivity index (χ1v) is 22.0. The van der Waals surface area contributed by atoms with Gasteiger partial charge in [-0.3, -0.25) is 4.74 Å². The van der Waals surface area contributed by atoms with Crippen molar-refractivity contribution in [3.63, 3.8) is 0 Å². The van der Waals surface area contributed by atoms with E-state index in [1.807, 2.05) is 0 Å². The van der Waals surface area contributed by atoms with Crippen LogP contribution in [-0.2, 0) is 4.74 Å². The molecule has 10 unspecified atom stereocenters. The molecule has 0 aromatic rings. The smallest absolute Gasteiger partial charge is 0.274 e. The molecule has 10 atom stereocenters. The normalized spacial score (nSPS) is 45.8. The Morgan fingerprint density at radius 1 is 0.202 bits per heavy atom. The largest absolute Gasteiger partial charge is 0.398 e. The van der Waals surface area contributed by atoms with E-state index in [-0.39, 0.29) is 6.92 Å². The quantitative estimate of drug-likeness (QED) is 0.256.